The van der Waals surface area contributed by atoms with Crippen LogP contribution in [0.4, 0.5) is 5.82 Å². The molecule has 0 aliphatic heterocycles. The van der Waals surface area contributed by atoms with Gasteiger partial charge in [0, 0.05) is 13.6 Å². The summed E-state index contributed by atoms with van der Waals surface area (Å²) in [4.78, 5) is 21.7. The molecule has 9 heteroatoms. The second kappa shape index (κ2) is 8.20. The average Bonchev–Trinajstić information content (AvgIpc) is 2.56. The van der Waals surface area contributed by atoms with Gasteiger partial charge in [0.1, 0.15) is 17.5 Å². The van der Waals surface area contributed by atoms with Crippen molar-refractivity contribution in [1.29, 1.82) is 5.26 Å². The summed E-state index contributed by atoms with van der Waals surface area (Å²) in [7, 11) is 1.69. The number of thioether (sulfide) groups is 1. The molecular formula is C15H13Cl2N5OS. The van der Waals surface area contributed by atoms with Crippen LogP contribution in [-0.2, 0) is 11.3 Å². The Kier molecular flexibility index (Phi) is 6.26. The molecule has 0 bridgehead atoms. The number of nitriles is 1. The van der Waals surface area contributed by atoms with E-state index in [2.05, 4.69) is 9.97 Å². The topological polar surface area (TPSA) is 95.9 Å². The van der Waals surface area contributed by atoms with E-state index in [0.29, 0.717) is 21.7 Å². The average molecular weight is 382 g/mol. The lowest BCUT2D eigenvalue weighted by molar-refractivity contribution is -0.127. The highest BCUT2D eigenvalue weighted by atomic mass is 35.5. The van der Waals surface area contributed by atoms with Crippen molar-refractivity contribution in [2.75, 3.05) is 18.5 Å². The highest BCUT2D eigenvalue weighted by Gasteiger charge is 2.12. The zero-order valence-electron chi connectivity index (χ0n) is 12.7. The molecule has 0 saturated carbocycles. The minimum atomic E-state index is -0.0994. The van der Waals surface area contributed by atoms with Gasteiger partial charge in [-0.2, -0.15) is 5.26 Å². The number of nitrogen functional groups attached to an aromatic ring is 1. The Morgan fingerprint density at radius 1 is 1.42 bits per heavy atom. The standard InChI is InChI=1S/C15H13Cl2N5OS/c1-22(7-9-2-3-11(16)12(17)4-9)13(23)8-24-15-20-6-10(5-18)14(19)21-15/h2-4,6H,7-8H2,1H3,(H2,19,20,21). The molecule has 0 atom stereocenters. The molecule has 0 spiro atoms. The molecule has 1 heterocycles. The maximum absolute atomic E-state index is 12.2. The number of anilines is 1. The SMILES string of the molecule is CN(Cc1ccc(Cl)c(Cl)c1)C(=O)CSc1ncc(C#N)c(N)n1. The van der Waals surface area contributed by atoms with Gasteiger partial charge in [0.25, 0.3) is 0 Å². The Labute approximate surface area is 153 Å². The Bertz CT molecular complexity index is 809. The van der Waals surface area contributed by atoms with Gasteiger partial charge < -0.3 is 10.6 Å². The van der Waals surface area contributed by atoms with Gasteiger partial charge in [-0.3, -0.25) is 4.79 Å². The lowest BCUT2D eigenvalue weighted by atomic mass is 10.2. The summed E-state index contributed by atoms with van der Waals surface area (Å²) in [6.07, 6.45) is 1.34. The number of carbonyl (C=O) groups is 1. The zero-order chi connectivity index (χ0) is 17.7. The first kappa shape index (κ1) is 18.3. The fourth-order valence-electron chi connectivity index (χ4n) is 1.77. The summed E-state index contributed by atoms with van der Waals surface area (Å²) in [5.74, 6) is 0.160. The van der Waals surface area contributed by atoms with Crippen molar-refractivity contribution >= 4 is 46.7 Å². The van der Waals surface area contributed by atoms with Crippen molar-refractivity contribution in [3.63, 3.8) is 0 Å². The zero-order valence-corrected chi connectivity index (χ0v) is 15.0. The van der Waals surface area contributed by atoms with Crippen LogP contribution in [0.1, 0.15) is 11.1 Å². The first-order chi connectivity index (χ1) is 11.4. The molecule has 1 amide bonds. The number of nitrogens with zero attached hydrogens (tertiary/aromatic N) is 4. The van der Waals surface area contributed by atoms with Crippen LogP contribution in [0.15, 0.2) is 29.6 Å². The molecule has 0 radical (unpaired) electrons. The monoisotopic (exact) mass is 381 g/mol. The third-order valence-corrected chi connectivity index (χ3v) is 4.66. The Balaban J connectivity index is 1.93. The number of aromatic nitrogens is 2. The second-order valence-corrected chi connectivity index (χ2v) is 6.61. The van der Waals surface area contributed by atoms with Gasteiger partial charge in [0.2, 0.25) is 5.91 Å². The molecule has 0 unspecified atom stereocenters. The number of rotatable bonds is 5. The molecule has 124 valence electrons. The molecule has 2 N–H and O–H groups in total. The molecule has 2 rings (SSSR count). The largest absolute Gasteiger partial charge is 0.382 e. The molecule has 0 aliphatic carbocycles. The molecule has 2 aromatic rings. The molecule has 1 aromatic carbocycles. The first-order valence-electron chi connectivity index (χ1n) is 6.74. The lowest BCUT2D eigenvalue weighted by Crippen LogP contribution is -2.27. The van der Waals surface area contributed by atoms with Crippen LogP contribution in [0.2, 0.25) is 10.0 Å². The van der Waals surface area contributed by atoms with E-state index >= 15 is 0 Å². The van der Waals surface area contributed by atoms with Gasteiger partial charge in [-0.25, -0.2) is 9.97 Å². The number of benzene rings is 1. The second-order valence-electron chi connectivity index (χ2n) is 4.85. The van der Waals surface area contributed by atoms with E-state index in [1.54, 1.807) is 24.1 Å². The fraction of sp³-hybridized carbons (Fsp3) is 0.200. The van der Waals surface area contributed by atoms with E-state index in [1.807, 2.05) is 12.1 Å². The van der Waals surface area contributed by atoms with E-state index in [9.17, 15) is 4.79 Å². The third kappa shape index (κ3) is 4.74. The fourth-order valence-corrected chi connectivity index (χ4v) is 2.85. The summed E-state index contributed by atoms with van der Waals surface area (Å²) in [5, 5.41) is 10.1. The van der Waals surface area contributed by atoms with E-state index in [0.717, 1.165) is 17.3 Å². The molecule has 1 aromatic heterocycles. The smallest absolute Gasteiger partial charge is 0.233 e. The number of hydrogen-bond acceptors (Lipinski definition) is 6. The van der Waals surface area contributed by atoms with Crippen molar-refractivity contribution in [3.05, 3.63) is 45.6 Å². The predicted molar refractivity (Wildman–Crippen MR) is 94.8 cm³/mol. The third-order valence-electron chi connectivity index (χ3n) is 3.07. The molecule has 0 saturated heterocycles. The van der Waals surface area contributed by atoms with Crippen LogP contribution in [0.5, 0.6) is 0 Å². The van der Waals surface area contributed by atoms with Crippen LogP contribution in [0, 0.1) is 11.3 Å². The van der Waals surface area contributed by atoms with Crippen LogP contribution < -0.4 is 5.73 Å². The van der Waals surface area contributed by atoms with E-state index in [-0.39, 0.29) is 23.0 Å². The Morgan fingerprint density at radius 2 is 2.17 bits per heavy atom. The Morgan fingerprint density at radius 3 is 2.79 bits per heavy atom. The van der Waals surface area contributed by atoms with Crippen molar-refractivity contribution < 1.29 is 4.79 Å². The van der Waals surface area contributed by atoms with Crippen molar-refractivity contribution in [2.45, 2.75) is 11.7 Å². The number of hydrogen-bond donors (Lipinski definition) is 1. The van der Waals surface area contributed by atoms with Crippen molar-refractivity contribution in [2.24, 2.45) is 0 Å². The summed E-state index contributed by atoms with van der Waals surface area (Å²) < 4.78 is 0. The minimum Gasteiger partial charge on any atom is -0.382 e. The van der Waals surface area contributed by atoms with Gasteiger partial charge in [-0.1, -0.05) is 41.0 Å². The normalized spacial score (nSPS) is 10.2. The molecule has 0 aliphatic rings. The van der Waals surface area contributed by atoms with Crippen LogP contribution in [0.25, 0.3) is 0 Å². The van der Waals surface area contributed by atoms with Gasteiger partial charge in [0.05, 0.1) is 22.0 Å². The number of halogens is 2. The minimum absolute atomic E-state index is 0.0994. The van der Waals surface area contributed by atoms with Gasteiger partial charge >= 0.3 is 0 Å². The van der Waals surface area contributed by atoms with Gasteiger partial charge in [-0.15, -0.1) is 0 Å². The number of amides is 1. The van der Waals surface area contributed by atoms with Crippen LogP contribution in [-0.4, -0.2) is 33.6 Å². The van der Waals surface area contributed by atoms with Crippen LogP contribution in [0.3, 0.4) is 0 Å². The maximum atomic E-state index is 12.2. The summed E-state index contributed by atoms with van der Waals surface area (Å²) in [6.45, 7) is 0.409. The van der Waals surface area contributed by atoms with Gasteiger partial charge in [-0.05, 0) is 17.7 Å². The maximum Gasteiger partial charge on any atom is 0.233 e. The number of carbonyl (C=O) groups excluding carboxylic acids is 1. The predicted octanol–water partition coefficient (Wildman–Crippen LogP) is 2.99. The molecule has 6 nitrogen and oxygen atoms in total. The quantitative estimate of drug-likeness (QED) is 0.631. The summed E-state index contributed by atoms with van der Waals surface area (Å²) in [6, 6.07) is 7.12. The van der Waals surface area contributed by atoms with E-state index in [4.69, 9.17) is 34.2 Å². The van der Waals surface area contributed by atoms with E-state index in [1.165, 1.54) is 6.20 Å². The molecular weight excluding hydrogens is 369 g/mol. The highest BCUT2D eigenvalue weighted by molar-refractivity contribution is 7.99. The molecule has 24 heavy (non-hydrogen) atoms. The van der Waals surface area contributed by atoms with Crippen LogP contribution >= 0.6 is 35.0 Å². The summed E-state index contributed by atoms with van der Waals surface area (Å²) in [5.41, 5.74) is 6.71. The Hall–Kier alpha value is -2.01. The van der Waals surface area contributed by atoms with Crippen molar-refractivity contribution in [3.8, 4) is 6.07 Å². The van der Waals surface area contributed by atoms with Crippen molar-refractivity contribution in [1.82, 2.24) is 14.9 Å². The lowest BCUT2D eigenvalue weighted by Gasteiger charge is -2.17. The highest BCUT2D eigenvalue weighted by Crippen LogP contribution is 2.23. The molecule has 0 fully saturated rings. The van der Waals surface area contributed by atoms with E-state index < -0.39 is 0 Å². The van der Waals surface area contributed by atoms with Gasteiger partial charge in [0.15, 0.2) is 5.16 Å². The number of nitrogens with two attached hydrogens (primary N) is 1. The first-order valence-corrected chi connectivity index (χ1v) is 8.48. The summed E-state index contributed by atoms with van der Waals surface area (Å²) >= 11 is 13.0.